The first-order chi connectivity index (χ1) is 15.0. The van der Waals surface area contributed by atoms with Crippen molar-refractivity contribution in [2.75, 3.05) is 11.9 Å². The number of rotatable bonds is 5. The molecule has 10 heteroatoms. The van der Waals surface area contributed by atoms with Crippen molar-refractivity contribution in [1.82, 2.24) is 14.7 Å². The van der Waals surface area contributed by atoms with Crippen molar-refractivity contribution in [2.45, 2.75) is 26.8 Å². The van der Waals surface area contributed by atoms with Crippen LogP contribution >= 0.6 is 11.6 Å². The molecule has 1 aromatic heterocycles. The molecule has 0 spiro atoms. The number of hydrogen-bond donors (Lipinski definition) is 1. The number of nitrogens with zero attached hydrogens (tertiary/aromatic N) is 3. The lowest BCUT2D eigenvalue weighted by atomic mass is 10.0. The lowest BCUT2D eigenvalue weighted by Crippen LogP contribution is -2.40. The summed E-state index contributed by atoms with van der Waals surface area (Å²) < 4.78 is 42.3. The SMILES string of the molecule is CC(C)CN(C(=O)Nc1ccc(F)c(Cl)c1)C(C)c1nn(C)c(=O)c2cc(F)c(F)cc12. The minimum Gasteiger partial charge on any atom is -0.316 e. The van der Waals surface area contributed by atoms with Crippen molar-refractivity contribution in [3.8, 4) is 0 Å². The predicted molar refractivity (Wildman–Crippen MR) is 117 cm³/mol. The molecule has 3 rings (SSSR count). The summed E-state index contributed by atoms with van der Waals surface area (Å²) in [6.07, 6.45) is 0. The Morgan fingerprint density at radius 3 is 2.31 bits per heavy atom. The van der Waals surface area contributed by atoms with Crippen LogP contribution in [0.15, 0.2) is 35.1 Å². The van der Waals surface area contributed by atoms with Gasteiger partial charge in [-0.05, 0) is 43.2 Å². The fourth-order valence-electron chi connectivity index (χ4n) is 3.41. The molecule has 0 bridgehead atoms. The molecule has 170 valence electrons. The zero-order valence-corrected chi connectivity index (χ0v) is 18.7. The zero-order chi connectivity index (χ0) is 23.7. The van der Waals surface area contributed by atoms with E-state index >= 15 is 0 Å². The van der Waals surface area contributed by atoms with Crippen molar-refractivity contribution in [3.63, 3.8) is 0 Å². The first-order valence-corrected chi connectivity index (χ1v) is 10.3. The van der Waals surface area contributed by atoms with Gasteiger partial charge in [0.25, 0.3) is 5.56 Å². The van der Waals surface area contributed by atoms with Gasteiger partial charge in [0.2, 0.25) is 0 Å². The lowest BCUT2D eigenvalue weighted by molar-refractivity contribution is 0.182. The molecule has 0 aliphatic carbocycles. The molecule has 6 nitrogen and oxygen atoms in total. The summed E-state index contributed by atoms with van der Waals surface area (Å²) in [5.41, 5.74) is -0.0710. The van der Waals surface area contributed by atoms with Crippen LogP contribution in [0.1, 0.15) is 32.5 Å². The third kappa shape index (κ3) is 4.72. The summed E-state index contributed by atoms with van der Waals surface area (Å²) in [5.74, 6) is -2.84. The molecule has 1 N–H and O–H groups in total. The number of benzene rings is 2. The lowest BCUT2D eigenvalue weighted by Gasteiger charge is -2.31. The molecule has 0 aliphatic rings. The standard InChI is InChI=1S/C22H22ClF3N4O2/c1-11(2)10-30(22(32)27-13-5-6-17(24)16(23)7-13)12(3)20-14-8-18(25)19(26)9-15(14)21(31)29(4)28-20/h5-9,11-12H,10H2,1-4H3,(H,27,32). The summed E-state index contributed by atoms with van der Waals surface area (Å²) in [7, 11) is 1.40. The average Bonchev–Trinajstić information content (AvgIpc) is 2.72. The molecule has 1 heterocycles. The molecule has 1 atom stereocenters. The maximum atomic E-state index is 14.0. The first kappa shape index (κ1) is 23.6. The summed E-state index contributed by atoms with van der Waals surface area (Å²) in [6.45, 7) is 5.77. The van der Waals surface area contributed by atoms with E-state index in [0.29, 0.717) is 0 Å². The van der Waals surface area contributed by atoms with Gasteiger partial charge in [0.05, 0.1) is 22.1 Å². The van der Waals surface area contributed by atoms with Crippen LogP contribution < -0.4 is 10.9 Å². The second-order valence-corrected chi connectivity index (χ2v) is 8.31. The maximum absolute atomic E-state index is 14.0. The van der Waals surface area contributed by atoms with Crippen LogP contribution in [0.3, 0.4) is 0 Å². The van der Waals surface area contributed by atoms with E-state index in [4.69, 9.17) is 11.6 Å². The number of fused-ring (bicyclic) bond motifs is 1. The van der Waals surface area contributed by atoms with Crippen LogP contribution in [-0.2, 0) is 7.05 Å². The smallest absolute Gasteiger partial charge is 0.316 e. The molecule has 32 heavy (non-hydrogen) atoms. The Morgan fingerprint density at radius 1 is 1.09 bits per heavy atom. The third-order valence-corrected chi connectivity index (χ3v) is 5.26. The fraction of sp³-hybridized carbons (Fsp3) is 0.318. The van der Waals surface area contributed by atoms with Gasteiger partial charge in [-0.3, -0.25) is 4.79 Å². The highest BCUT2D eigenvalue weighted by molar-refractivity contribution is 6.31. The number of halogens is 4. The second-order valence-electron chi connectivity index (χ2n) is 7.91. The Hall–Kier alpha value is -3.07. The molecule has 0 saturated carbocycles. The van der Waals surface area contributed by atoms with Crippen molar-refractivity contribution in [1.29, 1.82) is 0 Å². The van der Waals surface area contributed by atoms with E-state index in [1.807, 2.05) is 13.8 Å². The Kier molecular flexibility index (Phi) is 6.78. The van der Waals surface area contributed by atoms with E-state index in [-0.39, 0.29) is 39.6 Å². The normalized spacial score (nSPS) is 12.3. The number of urea groups is 1. The monoisotopic (exact) mass is 466 g/mol. The molecule has 3 aromatic rings. The third-order valence-electron chi connectivity index (χ3n) is 4.98. The van der Waals surface area contributed by atoms with Crippen molar-refractivity contribution < 1.29 is 18.0 Å². The first-order valence-electron chi connectivity index (χ1n) is 9.88. The van der Waals surface area contributed by atoms with Gasteiger partial charge in [0, 0.05) is 24.7 Å². The van der Waals surface area contributed by atoms with Gasteiger partial charge >= 0.3 is 6.03 Å². The van der Waals surface area contributed by atoms with E-state index in [0.717, 1.165) is 22.9 Å². The Morgan fingerprint density at radius 2 is 1.72 bits per heavy atom. The van der Waals surface area contributed by atoms with E-state index in [1.54, 1.807) is 6.92 Å². The quantitative estimate of drug-likeness (QED) is 0.558. The van der Waals surface area contributed by atoms with Gasteiger partial charge in [0.1, 0.15) is 5.82 Å². The number of carbonyl (C=O) groups is 1. The van der Waals surface area contributed by atoms with Gasteiger partial charge in [-0.2, -0.15) is 5.10 Å². The number of nitrogens with one attached hydrogen (secondary N) is 1. The van der Waals surface area contributed by atoms with Crippen LogP contribution in [0.2, 0.25) is 5.02 Å². The molecule has 0 saturated heterocycles. The Balaban J connectivity index is 2.06. The average molecular weight is 467 g/mol. The van der Waals surface area contributed by atoms with Crippen molar-refractivity contribution in [2.24, 2.45) is 13.0 Å². The Labute approximate surface area is 187 Å². The maximum Gasteiger partial charge on any atom is 0.322 e. The number of anilines is 1. The summed E-state index contributed by atoms with van der Waals surface area (Å²) in [6, 6.07) is 4.29. The zero-order valence-electron chi connectivity index (χ0n) is 17.9. The van der Waals surface area contributed by atoms with E-state index < -0.39 is 35.1 Å². The van der Waals surface area contributed by atoms with Gasteiger partial charge in [-0.1, -0.05) is 25.4 Å². The molecule has 2 amide bonds. The number of aryl methyl sites for hydroxylation is 1. The highest BCUT2D eigenvalue weighted by Gasteiger charge is 2.27. The van der Waals surface area contributed by atoms with Crippen LogP contribution in [-0.4, -0.2) is 27.3 Å². The molecule has 0 fully saturated rings. The van der Waals surface area contributed by atoms with Crippen LogP contribution in [0.4, 0.5) is 23.7 Å². The molecule has 0 radical (unpaired) electrons. The topological polar surface area (TPSA) is 67.2 Å². The van der Waals surface area contributed by atoms with Crippen LogP contribution in [0, 0.1) is 23.4 Å². The summed E-state index contributed by atoms with van der Waals surface area (Å²) >= 11 is 5.80. The number of carbonyl (C=O) groups excluding carboxylic acids is 1. The van der Waals surface area contributed by atoms with Gasteiger partial charge in [-0.25, -0.2) is 22.6 Å². The molecule has 0 aliphatic heterocycles. The minimum atomic E-state index is -1.15. The summed E-state index contributed by atoms with van der Waals surface area (Å²) in [5, 5.41) is 6.83. The number of aromatic nitrogens is 2. The van der Waals surface area contributed by atoms with E-state index in [9.17, 15) is 22.8 Å². The molecule has 1 unspecified atom stereocenters. The van der Waals surface area contributed by atoms with E-state index in [2.05, 4.69) is 10.4 Å². The van der Waals surface area contributed by atoms with Crippen LogP contribution in [0.5, 0.6) is 0 Å². The largest absolute Gasteiger partial charge is 0.322 e. The van der Waals surface area contributed by atoms with Gasteiger partial charge in [-0.15, -0.1) is 0 Å². The molecular weight excluding hydrogens is 445 g/mol. The van der Waals surface area contributed by atoms with Gasteiger partial charge < -0.3 is 10.2 Å². The van der Waals surface area contributed by atoms with E-state index in [1.165, 1.54) is 24.1 Å². The van der Waals surface area contributed by atoms with Crippen LogP contribution in [0.25, 0.3) is 10.8 Å². The minimum absolute atomic E-state index is 0.0431. The molecular formula is C22H22ClF3N4O2. The number of amides is 2. The summed E-state index contributed by atoms with van der Waals surface area (Å²) in [4.78, 5) is 27.0. The van der Waals surface area contributed by atoms with Crippen molar-refractivity contribution >= 4 is 34.1 Å². The highest BCUT2D eigenvalue weighted by Crippen LogP contribution is 2.28. The Bertz CT molecular complexity index is 1250. The highest BCUT2D eigenvalue weighted by atomic mass is 35.5. The predicted octanol–water partition coefficient (Wildman–Crippen LogP) is 5.26. The number of hydrogen-bond acceptors (Lipinski definition) is 3. The van der Waals surface area contributed by atoms with Gasteiger partial charge in [0.15, 0.2) is 11.6 Å². The fourth-order valence-corrected chi connectivity index (χ4v) is 3.59. The molecule has 2 aromatic carbocycles. The van der Waals surface area contributed by atoms with Crippen molar-refractivity contribution in [3.05, 3.63) is 68.9 Å². The second kappa shape index (κ2) is 9.20.